The van der Waals surface area contributed by atoms with Crippen molar-refractivity contribution in [2.45, 2.75) is 6.92 Å². The molecule has 0 saturated carbocycles. The van der Waals surface area contributed by atoms with Gasteiger partial charge in [0, 0.05) is 43.4 Å². The zero-order valence-corrected chi connectivity index (χ0v) is 13.2. The van der Waals surface area contributed by atoms with Crippen LogP contribution in [0.5, 0.6) is 0 Å². The first-order valence-corrected chi connectivity index (χ1v) is 7.95. The van der Waals surface area contributed by atoms with Crippen molar-refractivity contribution < 1.29 is 4.79 Å². The number of nitrogens with zero attached hydrogens (tertiary/aromatic N) is 3. The van der Waals surface area contributed by atoms with Crippen molar-refractivity contribution in [3.8, 4) is 10.4 Å². The fourth-order valence-electron chi connectivity index (χ4n) is 2.54. The van der Waals surface area contributed by atoms with Crippen molar-refractivity contribution in [2.24, 2.45) is 0 Å². The number of piperazine rings is 1. The van der Waals surface area contributed by atoms with Gasteiger partial charge in [0.25, 0.3) is 0 Å². The van der Waals surface area contributed by atoms with E-state index in [9.17, 15) is 4.79 Å². The number of thiophene rings is 1. The van der Waals surface area contributed by atoms with Crippen LogP contribution < -0.4 is 4.90 Å². The van der Waals surface area contributed by atoms with Gasteiger partial charge in [-0.05, 0) is 37.7 Å². The largest absolute Gasteiger partial charge is 0.360 e. The summed E-state index contributed by atoms with van der Waals surface area (Å²) in [5.74, 6) is 0.139. The van der Waals surface area contributed by atoms with Crippen LogP contribution in [0.15, 0.2) is 30.6 Å². The third-order valence-corrected chi connectivity index (χ3v) is 5.09. The predicted octanol–water partition coefficient (Wildman–Crippen LogP) is 2.76. The molecule has 1 aliphatic rings. The topological polar surface area (TPSA) is 36.4 Å². The van der Waals surface area contributed by atoms with E-state index in [2.05, 4.69) is 21.8 Å². The maximum atomic E-state index is 12.0. The van der Waals surface area contributed by atoms with E-state index in [-0.39, 0.29) is 5.78 Å². The molecular formula is C16H19N3OS. The molecule has 5 heteroatoms. The molecule has 1 fully saturated rings. The van der Waals surface area contributed by atoms with E-state index in [4.69, 9.17) is 0 Å². The standard InChI is InChI=1S/C16H19N3OS/c1-12(20)14-11-15(13-3-5-17-6-4-13)21-16(14)19-9-7-18(2)8-10-19/h3-6,11H,7-10H2,1-2H3. The van der Waals surface area contributed by atoms with Gasteiger partial charge in [0.2, 0.25) is 0 Å². The Hall–Kier alpha value is -1.72. The molecule has 3 rings (SSSR count). The van der Waals surface area contributed by atoms with E-state index in [1.165, 1.54) is 0 Å². The lowest BCUT2D eigenvalue weighted by Gasteiger charge is -2.33. The van der Waals surface area contributed by atoms with Crippen molar-refractivity contribution >= 4 is 22.1 Å². The summed E-state index contributed by atoms with van der Waals surface area (Å²) < 4.78 is 0. The quantitative estimate of drug-likeness (QED) is 0.817. The molecule has 21 heavy (non-hydrogen) atoms. The van der Waals surface area contributed by atoms with Crippen LogP contribution in [0.3, 0.4) is 0 Å². The number of Topliss-reactive ketones (excluding diaryl/α,β-unsaturated/α-hetero) is 1. The minimum atomic E-state index is 0.139. The van der Waals surface area contributed by atoms with Gasteiger partial charge in [-0.25, -0.2) is 0 Å². The number of hydrogen-bond acceptors (Lipinski definition) is 5. The van der Waals surface area contributed by atoms with Gasteiger partial charge in [0.15, 0.2) is 5.78 Å². The summed E-state index contributed by atoms with van der Waals surface area (Å²) in [6.07, 6.45) is 3.58. The highest BCUT2D eigenvalue weighted by atomic mass is 32.1. The normalized spacial score (nSPS) is 16.2. The lowest BCUT2D eigenvalue weighted by molar-refractivity contribution is 0.101. The number of hydrogen-bond donors (Lipinski definition) is 0. The molecule has 0 aliphatic carbocycles. The summed E-state index contributed by atoms with van der Waals surface area (Å²) in [6, 6.07) is 6.00. The van der Waals surface area contributed by atoms with E-state index in [1.807, 2.05) is 18.2 Å². The van der Waals surface area contributed by atoms with E-state index in [0.29, 0.717) is 0 Å². The number of likely N-dealkylation sites (N-methyl/N-ethyl adjacent to an activating group) is 1. The van der Waals surface area contributed by atoms with E-state index in [0.717, 1.165) is 47.2 Å². The maximum Gasteiger partial charge on any atom is 0.162 e. The minimum Gasteiger partial charge on any atom is -0.360 e. The first-order chi connectivity index (χ1) is 10.1. The van der Waals surface area contributed by atoms with Crippen LogP contribution in [-0.2, 0) is 0 Å². The average Bonchev–Trinajstić information content (AvgIpc) is 2.94. The number of ketones is 1. The average molecular weight is 301 g/mol. The third kappa shape index (κ3) is 2.99. The van der Waals surface area contributed by atoms with Gasteiger partial charge in [-0.15, -0.1) is 11.3 Å². The second-order valence-corrected chi connectivity index (χ2v) is 6.44. The Morgan fingerprint density at radius 2 is 1.86 bits per heavy atom. The predicted molar refractivity (Wildman–Crippen MR) is 87.3 cm³/mol. The SMILES string of the molecule is CC(=O)c1cc(-c2ccncc2)sc1N1CCN(C)CC1. The Morgan fingerprint density at radius 3 is 2.48 bits per heavy atom. The number of pyridine rings is 1. The van der Waals surface area contributed by atoms with E-state index < -0.39 is 0 Å². The molecule has 1 aliphatic heterocycles. The Bertz CT molecular complexity index is 630. The highest BCUT2D eigenvalue weighted by Crippen LogP contribution is 2.38. The van der Waals surface area contributed by atoms with Crippen molar-refractivity contribution in [1.29, 1.82) is 0 Å². The van der Waals surface area contributed by atoms with Crippen LogP contribution in [0, 0.1) is 0 Å². The van der Waals surface area contributed by atoms with E-state index in [1.54, 1.807) is 30.7 Å². The van der Waals surface area contributed by atoms with Gasteiger partial charge < -0.3 is 9.80 Å². The molecule has 1 saturated heterocycles. The van der Waals surface area contributed by atoms with Crippen LogP contribution in [-0.4, -0.2) is 48.9 Å². The molecule has 0 bridgehead atoms. The summed E-state index contributed by atoms with van der Waals surface area (Å²) >= 11 is 1.71. The number of rotatable bonds is 3. The van der Waals surface area contributed by atoms with Crippen molar-refractivity contribution in [3.05, 3.63) is 36.2 Å². The second-order valence-electron chi connectivity index (χ2n) is 5.41. The monoisotopic (exact) mass is 301 g/mol. The Balaban J connectivity index is 1.96. The number of carbonyl (C=O) groups excluding carboxylic acids is 1. The summed E-state index contributed by atoms with van der Waals surface area (Å²) in [5, 5.41) is 1.11. The lowest BCUT2D eigenvalue weighted by Crippen LogP contribution is -2.44. The summed E-state index contributed by atoms with van der Waals surface area (Å²) in [5.41, 5.74) is 1.97. The summed E-state index contributed by atoms with van der Waals surface area (Å²) in [7, 11) is 2.14. The maximum absolute atomic E-state index is 12.0. The fourth-order valence-corrected chi connectivity index (χ4v) is 3.80. The van der Waals surface area contributed by atoms with E-state index >= 15 is 0 Å². The van der Waals surface area contributed by atoms with Crippen LogP contribution >= 0.6 is 11.3 Å². The molecule has 0 aromatic carbocycles. The Labute approximate surface area is 129 Å². The molecule has 0 unspecified atom stereocenters. The van der Waals surface area contributed by atoms with Gasteiger partial charge >= 0.3 is 0 Å². The van der Waals surface area contributed by atoms with Crippen molar-refractivity contribution in [3.63, 3.8) is 0 Å². The van der Waals surface area contributed by atoms with Crippen molar-refractivity contribution in [2.75, 3.05) is 38.1 Å². The zero-order chi connectivity index (χ0) is 14.8. The smallest absolute Gasteiger partial charge is 0.162 e. The van der Waals surface area contributed by atoms with Gasteiger partial charge in [0.05, 0.1) is 5.56 Å². The number of anilines is 1. The first kappa shape index (κ1) is 14.2. The first-order valence-electron chi connectivity index (χ1n) is 7.14. The van der Waals surface area contributed by atoms with Gasteiger partial charge in [-0.2, -0.15) is 0 Å². The Morgan fingerprint density at radius 1 is 1.19 bits per heavy atom. The van der Waals surface area contributed by atoms with Crippen LogP contribution in [0.25, 0.3) is 10.4 Å². The molecule has 0 spiro atoms. The summed E-state index contributed by atoms with van der Waals surface area (Å²) in [6.45, 7) is 5.69. The van der Waals surface area contributed by atoms with Crippen LogP contribution in [0.2, 0.25) is 0 Å². The fraction of sp³-hybridized carbons (Fsp3) is 0.375. The molecule has 3 heterocycles. The zero-order valence-electron chi connectivity index (χ0n) is 12.4. The molecule has 110 valence electrons. The lowest BCUT2D eigenvalue weighted by atomic mass is 10.1. The molecule has 0 amide bonds. The van der Waals surface area contributed by atoms with Crippen molar-refractivity contribution in [1.82, 2.24) is 9.88 Å². The molecular weight excluding hydrogens is 282 g/mol. The van der Waals surface area contributed by atoms with Crippen LogP contribution in [0.4, 0.5) is 5.00 Å². The van der Waals surface area contributed by atoms with Gasteiger partial charge in [-0.1, -0.05) is 0 Å². The Kier molecular flexibility index (Phi) is 4.03. The van der Waals surface area contributed by atoms with Gasteiger partial charge in [-0.3, -0.25) is 9.78 Å². The molecule has 0 N–H and O–H groups in total. The summed E-state index contributed by atoms with van der Waals surface area (Å²) in [4.78, 5) is 21.8. The molecule has 2 aromatic rings. The number of aromatic nitrogens is 1. The molecule has 0 radical (unpaired) electrons. The third-order valence-electron chi connectivity index (χ3n) is 3.85. The highest BCUT2D eigenvalue weighted by Gasteiger charge is 2.22. The molecule has 2 aromatic heterocycles. The highest BCUT2D eigenvalue weighted by molar-refractivity contribution is 7.19. The molecule has 4 nitrogen and oxygen atoms in total. The minimum absolute atomic E-state index is 0.139. The molecule has 0 atom stereocenters. The van der Waals surface area contributed by atoms with Gasteiger partial charge in [0.1, 0.15) is 5.00 Å². The van der Waals surface area contributed by atoms with Crippen LogP contribution in [0.1, 0.15) is 17.3 Å². The number of carbonyl (C=O) groups is 1. The second kappa shape index (κ2) is 5.95.